The molecule has 3 heterocycles. The Hall–Kier alpha value is -3.88. The fourth-order valence-electron chi connectivity index (χ4n) is 4.02. The number of hydrogen-bond acceptors (Lipinski definition) is 7. The summed E-state index contributed by atoms with van der Waals surface area (Å²) in [5, 5.41) is 13.6. The number of halogens is 1. The maximum atomic E-state index is 11.9. The zero-order chi connectivity index (χ0) is 26.7. The molecule has 0 bridgehead atoms. The number of carbonyl (C=O) groups is 1. The van der Waals surface area contributed by atoms with E-state index in [1.54, 1.807) is 6.20 Å². The third-order valence-electron chi connectivity index (χ3n) is 6.15. The van der Waals surface area contributed by atoms with Gasteiger partial charge in [-0.3, -0.25) is 9.78 Å². The first-order valence-corrected chi connectivity index (χ1v) is 12.9. The van der Waals surface area contributed by atoms with Crippen LogP contribution in [0.3, 0.4) is 0 Å². The number of rotatable bonds is 8. The van der Waals surface area contributed by atoms with E-state index < -0.39 is 5.41 Å². The Kier molecular flexibility index (Phi) is 7.35. The van der Waals surface area contributed by atoms with Crippen LogP contribution < -0.4 is 5.32 Å². The Morgan fingerprint density at radius 3 is 2.71 bits per heavy atom. The van der Waals surface area contributed by atoms with Crippen molar-refractivity contribution in [3.8, 4) is 11.3 Å². The molecule has 0 aliphatic carbocycles. The predicted molar refractivity (Wildman–Crippen MR) is 149 cm³/mol. The molecule has 194 valence electrons. The fraction of sp³-hybridized carbons (Fsp3) is 0.276. The molecule has 0 atom stereocenters. The van der Waals surface area contributed by atoms with E-state index in [2.05, 4.69) is 26.7 Å². The van der Waals surface area contributed by atoms with Gasteiger partial charge in [0.15, 0.2) is 5.65 Å². The van der Waals surface area contributed by atoms with Crippen LogP contribution in [0.4, 0.5) is 0 Å². The van der Waals surface area contributed by atoms with Crippen LogP contribution in [0, 0.1) is 5.41 Å². The second-order valence-electron chi connectivity index (χ2n) is 10.2. The van der Waals surface area contributed by atoms with Crippen molar-refractivity contribution in [1.29, 1.82) is 0 Å². The van der Waals surface area contributed by atoms with Gasteiger partial charge in [0, 0.05) is 35.3 Å². The molecule has 1 N–H and O–H groups in total. The minimum atomic E-state index is -0.502. The van der Waals surface area contributed by atoms with Crippen molar-refractivity contribution < 1.29 is 9.53 Å². The van der Waals surface area contributed by atoms with Crippen molar-refractivity contribution in [2.24, 2.45) is 5.41 Å². The fourth-order valence-corrected chi connectivity index (χ4v) is 4.27. The molecular weight excluding hydrogens is 500 g/mol. The van der Waals surface area contributed by atoms with Crippen LogP contribution in [-0.2, 0) is 22.6 Å². The summed E-state index contributed by atoms with van der Waals surface area (Å²) in [7, 11) is 0. The molecule has 0 saturated heterocycles. The summed E-state index contributed by atoms with van der Waals surface area (Å²) in [6, 6.07) is 19.9. The maximum Gasteiger partial charge on any atom is 0.311 e. The van der Waals surface area contributed by atoms with E-state index >= 15 is 0 Å². The Morgan fingerprint density at radius 2 is 1.89 bits per heavy atom. The molecule has 2 aromatic carbocycles. The van der Waals surface area contributed by atoms with E-state index in [9.17, 15) is 4.79 Å². The minimum absolute atomic E-state index is 0.211. The van der Waals surface area contributed by atoms with E-state index in [1.165, 1.54) is 0 Å². The highest BCUT2D eigenvalue weighted by Crippen LogP contribution is 2.26. The topological polar surface area (TPSA) is 94.8 Å². The third kappa shape index (κ3) is 5.82. The smallest absolute Gasteiger partial charge is 0.311 e. The molecule has 0 radical (unpaired) electrons. The lowest BCUT2D eigenvalue weighted by molar-refractivity contribution is -0.152. The Labute approximate surface area is 226 Å². The number of nitrogens with zero attached hydrogens (tertiary/aromatic N) is 5. The largest absolute Gasteiger partial charge is 0.464 e. The van der Waals surface area contributed by atoms with Crippen LogP contribution in [-0.4, -0.2) is 44.1 Å². The number of fused-ring (bicyclic) bond motifs is 2. The summed E-state index contributed by atoms with van der Waals surface area (Å²) in [6.07, 6.45) is 1.79. The van der Waals surface area contributed by atoms with E-state index in [0.29, 0.717) is 36.9 Å². The molecule has 5 aromatic rings. The molecule has 0 saturated carbocycles. The van der Waals surface area contributed by atoms with E-state index in [1.807, 2.05) is 80.1 Å². The molecule has 38 heavy (non-hydrogen) atoms. The predicted octanol–water partition coefficient (Wildman–Crippen LogP) is 5.42. The first-order chi connectivity index (χ1) is 18.3. The molecule has 0 amide bonds. The molecule has 0 spiro atoms. The van der Waals surface area contributed by atoms with Crippen molar-refractivity contribution in [2.45, 2.75) is 33.9 Å². The Morgan fingerprint density at radius 1 is 1.05 bits per heavy atom. The van der Waals surface area contributed by atoms with Crippen LogP contribution in [0.2, 0.25) is 5.02 Å². The van der Waals surface area contributed by atoms with Crippen LogP contribution in [0.1, 0.15) is 31.9 Å². The summed E-state index contributed by atoms with van der Waals surface area (Å²) < 4.78 is 7.10. The van der Waals surface area contributed by atoms with Gasteiger partial charge in [0.25, 0.3) is 0 Å². The van der Waals surface area contributed by atoms with Gasteiger partial charge >= 0.3 is 5.97 Å². The summed E-state index contributed by atoms with van der Waals surface area (Å²) in [4.78, 5) is 21.1. The number of esters is 1. The Bertz CT molecular complexity index is 1610. The molecule has 0 unspecified atom stereocenters. The van der Waals surface area contributed by atoms with Crippen LogP contribution in [0.5, 0.6) is 0 Å². The SMILES string of the molecule is CC(C)(C)C(=O)OCCNCc1ccc(-c2ccc3nnn(Cc4ccc5ncccc5c4)c3n2)cc1Cl. The van der Waals surface area contributed by atoms with Crippen molar-refractivity contribution in [3.05, 3.63) is 83.0 Å². The highest BCUT2D eigenvalue weighted by Gasteiger charge is 2.22. The maximum absolute atomic E-state index is 11.9. The van der Waals surface area contributed by atoms with E-state index in [0.717, 1.165) is 38.8 Å². The van der Waals surface area contributed by atoms with Gasteiger partial charge in [-0.05, 0) is 68.3 Å². The lowest BCUT2D eigenvalue weighted by Gasteiger charge is -2.16. The highest BCUT2D eigenvalue weighted by atomic mass is 35.5. The highest BCUT2D eigenvalue weighted by molar-refractivity contribution is 6.31. The summed E-state index contributed by atoms with van der Waals surface area (Å²) >= 11 is 6.60. The molecule has 0 aliphatic rings. The van der Waals surface area contributed by atoms with E-state index in [-0.39, 0.29) is 5.97 Å². The standard InChI is InChI=1S/C29H29ClN6O2/c1-29(2,3)28(37)38-14-13-31-17-22-8-7-21(16-23(22)30)25-10-11-26-27(33-25)36(35-34-26)18-19-6-9-24-20(15-19)5-4-12-32-24/h4-12,15-16,31H,13-14,17-18H2,1-3H3. The molecule has 8 nitrogen and oxygen atoms in total. The first-order valence-electron chi connectivity index (χ1n) is 12.5. The van der Waals surface area contributed by atoms with Gasteiger partial charge in [-0.25, -0.2) is 9.67 Å². The summed E-state index contributed by atoms with van der Waals surface area (Å²) in [5.41, 5.74) is 5.64. The monoisotopic (exact) mass is 528 g/mol. The average Bonchev–Trinajstić information content (AvgIpc) is 3.30. The molecule has 0 fully saturated rings. The average molecular weight is 529 g/mol. The van der Waals surface area contributed by atoms with Crippen LogP contribution in [0.25, 0.3) is 33.3 Å². The molecule has 9 heteroatoms. The summed E-state index contributed by atoms with van der Waals surface area (Å²) in [6.45, 7) is 7.48. The van der Waals surface area contributed by atoms with Gasteiger partial charge in [0.2, 0.25) is 0 Å². The Balaban J connectivity index is 1.27. The van der Waals surface area contributed by atoms with Crippen molar-refractivity contribution >= 4 is 39.6 Å². The van der Waals surface area contributed by atoms with Crippen molar-refractivity contribution in [2.75, 3.05) is 13.2 Å². The summed E-state index contributed by atoms with van der Waals surface area (Å²) in [5.74, 6) is -0.211. The number of carbonyl (C=O) groups excluding carboxylic acids is 1. The second-order valence-corrected chi connectivity index (χ2v) is 10.6. The third-order valence-corrected chi connectivity index (χ3v) is 6.50. The normalized spacial score (nSPS) is 11.8. The van der Waals surface area contributed by atoms with E-state index in [4.69, 9.17) is 21.3 Å². The number of pyridine rings is 2. The minimum Gasteiger partial charge on any atom is -0.464 e. The lowest BCUT2D eigenvalue weighted by Crippen LogP contribution is -2.27. The first kappa shape index (κ1) is 25.8. The number of benzene rings is 2. The van der Waals surface area contributed by atoms with Gasteiger partial charge in [-0.2, -0.15) is 0 Å². The molecule has 5 rings (SSSR count). The van der Waals surface area contributed by atoms with Crippen molar-refractivity contribution in [3.63, 3.8) is 0 Å². The van der Waals surface area contributed by atoms with Gasteiger partial charge < -0.3 is 10.1 Å². The van der Waals surface area contributed by atoms with Gasteiger partial charge in [0.05, 0.1) is 23.2 Å². The molecule has 0 aliphatic heterocycles. The second kappa shape index (κ2) is 10.8. The van der Waals surface area contributed by atoms with Crippen molar-refractivity contribution in [1.82, 2.24) is 30.3 Å². The number of hydrogen-bond donors (Lipinski definition) is 1. The number of nitrogens with one attached hydrogen (secondary N) is 1. The quantitative estimate of drug-likeness (QED) is 0.212. The van der Waals surface area contributed by atoms with Gasteiger partial charge in [-0.1, -0.05) is 41.1 Å². The zero-order valence-corrected chi connectivity index (χ0v) is 22.4. The van der Waals surface area contributed by atoms with Gasteiger partial charge in [-0.15, -0.1) is 5.10 Å². The van der Waals surface area contributed by atoms with Gasteiger partial charge in [0.1, 0.15) is 12.1 Å². The molecular formula is C29H29ClN6O2. The van der Waals surface area contributed by atoms with Crippen LogP contribution in [0.15, 0.2) is 66.9 Å². The molecule has 3 aromatic heterocycles. The lowest BCUT2D eigenvalue weighted by atomic mass is 9.97. The number of aromatic nitrogens is 5. The number of ether oxygens (including phenoxy) is 1. The zero-order valence-electron chi connectivity index (χ0n) is 21.6. The van der Waals surface area contributed by atoms with Crippen LogP contribution >= 0.6 is 11.6 Å².